The summed E-state index contributed by atoms with van der Waals surface area (Å²) in [5.41, 5.74) is 6.62. The molecule has 28 heavy (non-hydrogen) atoms. The van der Waals surface area contributed by atoms with Crippen molar-refractivity contribution >= 4 is 38.6 Å². The number of nitrogens with one attached hydrogen (secondary N) is 2. The smallest absolute Gasteiger partial charge is 0.271 e. The summed E-state index contributed by atoms with van der Waals surface area (Å²) in [5.74, 6) is 0.0590. The molecule has 0 unspecified atom stereocenters. The summed E-state index contributed by atoms with van der Waals surface area (Å²) in [6.07, 6.45) is 1.73. The highest BCUT2D eigenvalue weighted by molar-refractivity contribution is 9.10. The maximum atomic E-state index is 12.6. The Labute approximate surface area is 170 Å². The van der Waals surface area contributed by atoms with Crippen LogP contribution < -0.4 is 20.3 Å². The molecule has 0 bridgehead atoms. The Bertz CT molecular complexity index is 1050. The predicted molar refractivity (Wildman–Crippen MR) is 110 cm³/mol. The van der Waals surface area contributed by atoms with Crippen molar-refractivity contribution in [2.45, 2.75) is 6.92 Å². The lowest BCUT2D eigenvalue weighted by Gasteiger charge is -2.13. The minimum Gasteiger partial charge on any atom is -0.492 e. The Kier molecular flexibility index (Phi) is 5.89. The van der Waals surface area contributed by atoms with E-state index >= 15 is 0 Å². The first-order valence-electron chi connectivity index (χ1n) is 8.61. The SMILES string of the molecule is CCOc1cc(C(=O)NNC(=O)c2cn(C)c3ccccc23)cc(Br)c1OC. The largest absolute Gasteiger partial charge is 0.492 e. The number of carbonyl (C=O) groups excluding carboxylic acids is 2. The van der Waals surface area contributed by atoms with Gasteiger partial charge in [0.05, 0.1) is 23.8 Å². The highest BCUT2D eigenvalue weighted by Gasteiger charge is 2.17. The van der Waals surface area contributed by atoms with Gasteiger partial charge in [-0.15, -0.1) is 0 Å². The average Bonchev–Trinajstić information content (AvgIpc) is 3.03. The van der Waals surface area contributed by atoms with Crippen LogP contribution in [0.1, 0.15) is 27.6 Å². The third kappa shape index (κ3) is 3.82. The zero-order chi connectivity index (χ0) is 20.3. The molecule has 2 aromatic carbocycles. The van der Waals surface area contributed by atoms with Crippen molar-refractivity contribution in [3.05, 3.63) is 58.2 Å². The Morgan fingerprint density at radius 3 is 2.57 bits per heavy atom. The molecule has 0 saturated carbocycles. The molecule has 8 heteroatoms. The zero-order valence-electron chi connectivity index (χ0n) is 15.7. The summed E-state index contributed by atoms with van der Waals surface area (Å²) >= 11 is 3.37. The highest BCUT2D eigenvalue weighted by atomic mass is 79.9. The summed E-state index contributed by atoms with van der Waals surface area (Å²) in [7, 11) is 3.38. The van der Waals surface area contributed by atoms with Crippen LogP contribution in [-0.2, 0) is 7.05 Å². The van der Waals surface area contributed by atoms with Crippen LogP contribution in [0.15, 0.2) is 47.1 Å². The Balaban J connectivity index is 1.77. The Hall–Kier alpha value is -3.00. The molecule has 2 amide bonds. The van der Waals surface area contributed by atoms with Crippen molar-refractivity contribution in [2.24, 2.45) is 7.05 Å². The molecule has 0 fully saturated rings. The van der Waals surface area contributed by atoms with Crippen LogP contribution in [0.25, 0.3) is 10.9 Å². The van der Waals surface area contributed by atoms with Crippen molar-refractivity contribution in [3.63, 3.8) is 0 Å². The molecule has 0 aliphatic heterocycles. The number of amides is 2. The van der Waals surface area contributed by atoms with E-state index in [1.54, 1.807) is 18.3 Å². The summed E-state index contributed by atoms with van der Waals surface area (Å²) in [5, 5.41) is 0.808. The summed E-state index contributed by atoms with van der Waals surface area (Å²) in [6, 6.07) is 10.7. The molecule has 3 aromatic rings. The Morgan fingerprint density at radius 1 is 1.14 bits per heavy atom. The number of fused-ring (bicyclic) bond motifs is 1. The molecule has 0 saturated heterocycles. The molecule has 0 aliphatic rings. The summed E-state index contributed by atoms with van der Waals surface area (Å²) in [4.78, 5) is 25.1. The number of para-hydroxylation sites is 1. The van der Waals surface area contributed by atoms with E-state index in [2.05, 4.69) is 26.8 Å². The number of hydrogen-bond donors (Lipinski definition) is 2. The third-order valence-corrected chi connectivity index (χ3v) is 4.80. The lowest BCUT2D eigenvalue weighted by molar-refractivity contribution is 0.0847. The first kappa shape index (κ1) is 19.8. The number of hydrogen-bond acceptors (Lipinski definition) is 4. The van der Waals surface area contributed by atoms with Gasteiger partial charge in [0.25, 0.3) is 11.8 Å². The number of halogens is 1. The number of methoxy groups -OCH3 is 1. The molecule has 2 N–H and O–H groups in total. The molecule has 1 aromatic heterocycles. The third-order valence-electron chi connectivity index (χ3n) is 4.21. The van der Waals surface area contributed by atoms with Crippen molar-refractivity contribution in [3.8, 4) is 11.5 Å². The van der Waals surface area contributed by atoms with Crippen LogP contribution in [0, 0.1) is 0 Å². The van der Waals surface area contributed by atoms with Crippen LogP contribution in [-0.4, -0.2) is 30.1 Å². The van der Waals surface area contributed by atoms with Crippen molar-refractivity contribution in [1.29, 1.82) is 0 Å². The highest BCUT2D eigenvalue weighted by Crippen LogP contribution is 2.36. The summed E-state index contributed by atoms with van der Waals surface area (Å²) < 4.78 is 13.2. The monoisotopic (exact) mass is 445 g/mol. The van der Waals surface area contributed by atoms with E-state index in [1.165, 1.54) is 7.11 Å². The number of ether oxygens (including phenoxy) is 2. The quantitative estimate of drug-likeness (QED) is 0.589. The molecule has 0 radical (unpaired) electrons. The van der Waals surface area contributed by atoms with Crippen LogP contribution >= 0.6 is 15.9 Å². The fraction of sp³-hybridized carbons (Fsp3) is 0.200. The molecule has 7 nitrogen and oxygen atoms in total. The van der Waals surface area contributed by atoms with Crippen molar-refractivity contribution in [2.75, 3.05) is 13.7 Å². The van der Waals surface area contributed by atoms with Crippen LogP contribution in [0.2, 0.25) is 0 Å². The van der Waals surface area contributed by atoms with Gasteiger partial charge >= 0.3 is 0 Å². The van der Waals surface area contributed by atoms with E-state index < -0.39 is 11.8 Å². The zero-order valence-corrected chi connectivity index (χ0v) is 17.3. The maximum absolute atomic E-state index is 12.6. The maximum Gasteiger partial charge on any atom is 0.271 e. The molecule has 3 rings (SSSR count). The number of carbonyl (C=O) groups is 2. The van der Waals surface area contributed by atoms with Crippen molar-refractivity contribution in [1.82, 2.24) is 15.4 Å². The van der Waals surface area contributed by atoms with Gasteiger partial charge in [0, 0.05) is 29.7 Å². The van der Waals surface area contributed by atoms with Gasteiger partial charge in [-0.25, -0.2) is 0 Å². The number of benzene rings is 2. The number of nitrogens with zero attached hydrogens (tertiary/aromatic N) is 1. The first-order chi connectivity index (χ1) is 13.5. The first-order valence-corrected chi connectivity index (χ1v) is 9.40. The lowest BCUT2D eigenvalue weighted by atomic mass is 10.1. The summed E-state index contributed by atoms with van der Waals surface area (Å²) in [6.45, 7) is 2.26. The van der Waals surface area contributed by atoms with E-state index in [-0.39, 0.29) is 0 Å². The average molecular weight is 446 g/mol. The number of aryl methyl sites for hydroxylation is 1. The molecule has 146 valence electrons. The molecule has 0 aliphatic carbocycles. The van der Waals surface area contributed by atoms with Gasteiger partial charge in [-0.2, -0.15) is 0 Å². The van der Waals surface area contributed by atoms with E-state index in [0.717, 1.165) is 10.9 Å². The van der Waals surface area contributed by atoms with Crippen molar-refractivity contribution < 1.29 is 19.1 Å². The minimum atomic E-state index is -0.474. The second kappa shape index (κ2) is 8.35. The standard InChI is InChI=1S/C20H20BrN3O4/c1-4-28-17-10-12(9-15(21)18(17)27-3)19(25)22-23-20(26)14-11-24(2)16-8-6-5-7-13(14)16/h5-11H,4H2,1-3H3,(H,22,25)(H,23,26). The van der Waals surface area contributed by atoms with Gasteiger partial charge in [-0.1, -0.05) is 18.2 Å². The molecular formula is C20H20BrN3O4. The van der Waals surface area contributed by atoms with E-state index in [9.17, 15) is 9.59 Å². The van der Waals surface area contributed by atoms with Gasteiger partial charge in [0.15, 0.2) is 11.5 Å². The number of rotatable bonds is 5. The van der Waals surface area contributed by atoms with Crippen LogP contribution in [0.3, 0.4) is 0 Å². The number of hydrazine groups is 1. The Morgan fingerprint density at radius 2 is 1.86 bits per heavy atom. The molecule has 0 atom stereocenters. The van der Waals surface area contributed by atoms with E-state index in [0.29, 0.717) is 33.7 Å². The molecular weight excluding hydrogens is 426 g/mol. The molecule has 1 heterocycles. The topological polar surface area (TPSA) is 81.6 Å². The van der Waals surface area contributed by atoms with Gasteiger partial charge in [0.1, 0.15) is 0 Å². The minimum absolute atomic E-state index is 0.314. The number of aromatic nitrogens is 1. The van der Waals surface area contributed by atoms with Gasteiger partial charge in [0.2, 0.25) is 0 Å². The normalized spacial score (nSPS) is 10.6. The fourth-order valence-electron chi connectivity index (χ4n) is 2.94. The van der Waals surface area contributed by atoms with Crippen LogP contribution in [0.5, 0.6) is 11.5 Å². The lowest BCUT2D eigenvalue weighted by Crippen LogP contribution is -2.41. The van der Waals surface area contributed by atoms with Crippen LogP contribution in [0.4, 0.5) is 0 Å². The fourth-order valence-corrected chi connectivity index (χ4v) is 3.54. The second-order valence-electron chi connectivity index (χ2n) is 6.00. The van der Waals surface area contributed by atoms with Gasteiger partial charge in [-0.3, -0.25) is 20.4 Å². The second-order valence-corrected chi connectivity index (χ2v) is 6.86. The van der Waals surface area contributed by atoms with E-state index in [1.807, 2.05) is 42.8 Å². The molecule has 0 spiro atoms. The predicted octanol–water partition coefficient (Wildman–Crippen LogP) is 3.42. The van der Waals surface area contributed by atoms with E-state index in [4.69, 9.17) is 9.47 Å². The van der Waals surface area contributed by atoms with Gasteiger partial charge < -0.3 is 14.0 Å². The van der Waals surface area contributed by atoms with Gasteiger partial charge in [-0.05, 0) is 41.1 Å².